The van der Waals surface area contributed by atoms with Gasteiger partial charge in [-0.15, -0.1) is 0 Å². The summed E-state index contributed by atoms with van der Waals surface area (Å²) in [7, 11) is 0. The van der Waals surface area contributed by atoms with Crippen molar-refractivity contribution in [2.75, 3.05) is 6.61 Å². The van der Waals surface area contributed by atoms with Crippen LogP contribution in [0.3, 0.4) is 0 Å². The molecule has 0 amide bonds. The Hall–Kier alpha value is -4.41. The fourth-order valence-corrected chi connectivity index (χ4v) is 5.90. The molecule has 1 aliphatic heterocycles. The van der Waals surface area contributed by atoms with Crippen molar-refractivity contribution in [2.45, 2.75) is 39.8 Å². The number of rotatable bonds is 8. The van der Waals surface area contributed by atoms with Crippen molar-refractivity contribution in [1.82, 2.24) is 4.57 Å². The molecule has 0 saturated heterocycles. The van der Waals surface area contributed by atoms with Crippen LogP contribution in [0.1, 0.15) is 55.4 Å². The van der Waals surface area contributed by atoms with Crippen LogP contribution < -0.4 is 19.6 Å². The first kappa shape index (κ1) is 29.1. The monoisotopic (exact) mass is 606 g/mol. The predicted octanol–water partition coefficient (Wildman–Crippen LogP) is 5.20. The number of benzene rings is 2. The van der Waals surface area contributed by atoms with E-state index >= 15 is 0 Å². The molecule has 1 aliphatic rings. The highest BCUT2D eigenvalue weighted by Gasteiger charge is 2.33. The minimum Gasteiger partial charge on any atom is -0.491 e. The number of carboxylic acids is 1. The molecule has 216 valence electrons. The third-order valence-corrected chi connectivity index (χ3v) is 7.78. The van der Waals surface area contributed by atoms with Gasteiger partial charge in [0.2, 0.25) is 0 Å². The van der Waals surface area contributed by atoms with Crippen LogP contribution in [0, 0.1) is 0 Å². The lowest BCUT2D eigenvalue weighted by Crippen LogP contribution is -2.39. The molecule has 9 nitrogen and oxygen atoms in total. The second-order valence-corrected chi connectivity index (χ2v) is 11.2. The van der Waals surface area contributed by atoms with E-state index in [1.807, 2.05) is 26.0 Å². The SMILES string of the molecule is CCOC(=O)C1=C(C)N=c2s/c(=C\c3ccc(-c4cc(C(=O)O)ccc4Cl)o3)c(=O)n2[C@@H]1c1ccc(OC(C)C)cc1. The zero-order chi connectivity index (χ0) is 30.1. The van der Waals surface area contributed by atoms with Crippen molar-refractivity contribution in [3.05, 3.63) is 107 Å². The number of esters is 1. The molecule has 4 aromatic rings. The van der Waals surface area contributed by atoms with Gasteiger partial charge in [0.25, 0.3) is 5.56 Å². The number of fused-ring (bicyclic) bond motifs is 1. The Balaban J connectivity index is 1.60. The first-order valence-electron chi connectivity index (χ1n) is 13.2. The predicted molar refractivity (Wildman–Crippen MR) is 159 cm³/mol. The van der Waals surface area contributed by atoms with Crippen LogP contribution in [0.4, 0.5) is 0 Å². The van der Waals surface area contributed by atoms with E-state index in [1.54, 1.807) is 44.2 Å². The topological polar surface area (TPSA) is 120 Å². The van der Waals surface area contributed by atoms with Crippen LogP contribution in [0.25, 0.3) is 17.4 Å². The summed E-state index contributed by atoms with van der Waals surface area (Å²) in [5.41, 5.74) is 1.56. The van der Waals surface area contributed by atoms with Gasteiger partial charge in [0.05, 0.1) is 45.1 Å². The van der Waals surface area contributed by atoms with E-state index in [0.717, 1.165) is 0 Å². The highest BCUT2D eigenvalue weighted by atomic mass is 35.5. The number of hydrogen-bond donors (Lipinski definition) is 1. The minimum absolute atomic E-state index is 0.00925. The molecule has 0 unspecified atom stereocenters. The molecule has 0 fully saturated rings. The minimum atomic E-state index is -1.09. The number of halogens is 1. The molecule has 42 heavy (non-hydrogen) atoms. The van der Waals surface area contributed by atoms with Gasteiger partial charge < -0.3 is 19.0 Å². The third kappa shape index (κ3) is 5.68. The van der Waals surface area contributed by atoms with E-state index in [4.69, 9.17) is 25.5 Å². The molecule has 1 atom stereocenters. The Morgan fingerprint density at radius 2 is 1.90 bits per heavy atom. The molecule has 0 spiro atoms. The van der Waals surface area contributed by atoms with Gasteiger partial charge in [0.1, 0.15) is 17.3 Å². The van der Waals surface area contributed by atoms with Gasteiger partial charge in [-0.3, -0.25) is 9.36 Å². The van der Waals surface area contributed by atoms with E-state index in [0.29, 0.717) is 48.5 Å². The molecule has 11 heteroatoms. The zero-order valence-electron chi connectivity index (χ0n) is 23.2. The van der Waals surface area contributed by atoms with Crippen molar-refractivity contribution in [1.29, 1.82) is 0 Å². The Bertz CT molecular complexity index is 1900. The van der Waals surface area contributed by atoms with Crippen molar-refractivity contribution < 1.29 is 28.6 Å². The lowest BCUT2D eigenvalue weighted by Gasteiger charge is -2.25. The summed E-state index contributed by atoms with van der Waals surface area (Å²) in [6.07, 6.45) is 1.58. The molecule has 1 N–H and O–H groups in total. The molecule has 2 aromatic heterocycles. The van der Waals surface area contributed by atoms with Crippen molar-refractivity contribution in [2.24, 2.45) is 4.99 Å². The van der Waals surface area contributed by atoms with Crippen molar-refractivity contribution in [3.8, 4) is 17.1 Å². The molecular weight excluding hydrogens is 580 g/mol. The molecule has 2 aromatic carbocycles. The molecule has 0 bridgehead atoms. The molecule has 3 heterocycles. The smallest absolute Gasteiger partial charge is 0.338 e. The number of nitrogens with zero attached hydrogens (tertiary/aromatic N) is 2. The van der Waals surface area contributed by atoms with Gasteiger partial charge >= 0.3 is 11.9 Å². The fourth-order valence-electron chi connectivity index (χ4n) is 4.66. The van der Waals surface area contributed by atoms with Gasteiger partial charge in [-0.05, 0) is 75.7 Å². The Morgan fingerprint density at radius 3 is 2.57 bits per heavy atom. The van der Waals surface area contributed by atoms with Crippen LogP contribution in [0.5, 0.6) is 5.75 Å². The standard InChI is InChI=1S/C31H27ClN2O7S/c1-5-39-30(38)26-17(4)33-31-34(27(26)18-6-9-20(10-7-18)40-16(2)3)28(35)25(42-31)15-21-11-13-24(41-21)22-14-19(29(36)37)8-12-23(22)32/h6-16,27H,5H2,1-4H3,(H,36,37)/b25-15-/t27-/m1/s1. The van der Waals surface area contributed by atoms with Crippen LogP contribution in [0.15, 0.2) is 80.1 Å². The number of allylic oxidation sites excluding steroid dienone is 1. The van der Waals surface area contributed by atoms with Gasteiger partial charge in [0.15, 0.2) is 4.80 Å². The van der Waals surface area contributed by atoms with E-state index in [1.165, 1.54) is 34.1 Å². The quantitative estimate of drug-likeness (QED) is 0.274. The summed E-state index contributed by atoms with van der Waals surface area (Å²) in [4.78, 5) is 43.4. The summed E-state index contributed by atoms with van der Waals surface area (Å²) in [6, 6.07) is 14.1. The number of carbonyl (C=O) groups is 2. The average molecular weight is 607 g/mol. The summed E-state index contributed by atoms with van der Waals surface area (Å²) in [6.45, 7) is 7.48. The molecule has 0 aliphatic carbocycles. The van der Waals surface area contributed by atoms with Crippen LogP contribution in [0.2, 0.25) is 5.02 Å². The highest BCUT2D eigenvalue weighted by molar-refractivity contribution is 7.07. The second kappa shape index (κ2) is 11.8. The summed E-state index contributed by atoms with van der Waals surface area (Å²) in [5.74, 6) is -0.252. The maximum atomic E-state index is 13.9. The van der Waals surface area contributed by atoms with Crippen LogP contribution in [-0.4, -0.2) is 34.3 Å². The maximum Gasteiger partial charge on any atom is 0.338 e. The van der Waals surface area contributed by atoms with Crippen LogP contribution in [-0.2, 0) is 9.53 Å². The van der Waals surface area contributed by atoms with E-state index in [2.05, 4.69) is 4.99 Å². The van der Waals surface area contributed by atoms with Gasteiger partial charge in [-0.1, -0.05) is 35.1 Å². The summed E-state index contributed by atoms with van der Waals surface area (Å²) < 4.78 is 18.9. The Labute approximate surface area is 249 Å². The lowest BCUT2D eigenvalue weighted by atomic mass is 9.96. The normalized spacial score (nSPS) is 15.0. The van der Waals surface area contributed by atoms with Gasteiger partial charge in [0, 0.05) is 11.6 Å². The molecule has 0 saturated carbocycles. The molecular formula is C31H27ClN2O7S. The number of ether oxygens (including phenoxy) is 2. The molecule has 5 rings (SSSR count). The summed E-state index contributed by atoms with van der Waals surface area (Å²) in [5, 5.41) is 9.67. The number of furan rings is 1. The van der Waals surface area contributed by atoms with Gasteiger partial charge in [-0.2, -0.15) is 0 Å². The lowest BCUT2D eigenvalue weighted by molar-refractivity contribution is -0.139. The highest BCUT2D eigenvalue weighted by Crippen LogP contribution is 2.33. The number of aromatic nitrogens is 1. The third-order valence-electron chi connectivity index (χ3n) is 6.46. The number of aromatic carboxylic acids is 1. The number of carbonyl (C=O) groups excluding carboxylic acids is 1. The molecule has 0 radical (unpaired) electrons. The number of thiazole rings is 1. The van der Waals surface area contributed by atoms with E-state index in [9.17, 15) is 19.5 Å². The largest absolute Gasteiger partial charge is 0.491 e. The van der Waals surface area contributed by atoms with Crippen molar-refractivity contribution in [3.63, 3.8) is 0 Å². The maximum absolute atomic E-state index is 13.9. The second-order valence-electron chi connectivity index (χ2n) is 9.74. The number of hydrogen-bond acceptors (Lipinski definition) is 8. The van der Waals surface area contributed by atoms with E-state index in [-0.39, 0.29) is 29.4 Å². The van der Waals surface area contributed by atoms with Gasteiger partial charge in [-0.25, -0.2) is 14.6 Å². The summed E-state index contributed by atoms with van der Waals surface area (Å²) >= 11 is 7.47. The van der Waals surface area contributed by atoms with Crippen molar-refractivity contribution >= 4 is 41.0 Å². The fraction of sp³-hybridized carbons (Fsp3) is 0.226. The average Bonchev–Trinajstić information content (AvgIpc) is 3.52. The number of carboxylic acid groups (broad SMARTS) is 1. The Morgan fingerprint density at radius 1 is 1.17 bits per heavy atom. The first-order valence-corrected chi connectivity index (χ1v) is 14.4. The first-order chi connectivity index (χ1) is 20.1. The Kier molecular flexibility index (Phi) is 8.20. The van der Waals surface area contributed by atoms with Crippen LogP contribution >= 0.6 is 22.9 Å². The zero-order valence-corrected chi connectivity index (χ0v) is 24.8. The van der Waals surface area contributed by atoms with E-state index < -0.39 is 18.0 Å².